The van der Waals surface area contributed by atoms with Crippen LogP contribution in [0, 0.1) is 12.8 Å². The number of urea groups is 1. The van der Waals surface area contributed by atoms with Gasteiger partial charge in [-0.1, -0.05) is 37.9 Å². The van der Waals surface area contributed by atoms with Crippen molar-refractivity contribution in [2.45, 2.75) is 88.4 Å². The van der Waals surface area contributed by atoms with Crippen molar-refractivity contribution in [2.75, 3.05) is 5.75 Å². The molecule has 164 valence electrons. The van der Waals surface area contributed by atoms with Crippen LogP contribution in [0.4, 0.5) is 4.79 Å². The van der Waals surface area contributed by atoms with E-state index in [-0.39, 0.29) is 11.7 Å². The second kappa shape index (κ2) is 8.56. The van der Waals surface area contributed by atoms with E-state index in [1.807, 2.05) is 6.92 Å². The van der Waals surface area contributed by atoms with Crippen molar-refractivity contribution in [1.29, 1.82) is 0 Å². The predicted molar refractivity (Wildman–Crippen MR) is 111 cm³/mol. The topological polar surface area (TPSA) is 109 Å². The first-order chi connectivity index (χ1) is 14.4. The minimum Gasteiger partial charge on any atom is -0.322 e. The average Bonchev–Trinajstić information content (AvgIpc) is 3.22. The largest absolute Gasteiger partial charge is 0.344 e. The molecule has 1 aromatic rings. The Kier molecular flexibility index (Phi) is 6.04. The van der Waals surface area contributed by atoms with E-state index < -0.39 is 17.5 Å². The summed E-state index contributed by atoms with van der Waals surface area (Å²) in [4.78, 5) is 37.7. The number of carbonyl (C=O) groups excluding carboxylic acids is 3. The first kappa shape index (κ1) is 21.1. The van der Waals surface area contributed by atoms with Crippen molar-refractivity contribution < 1.29 is 14.4 Å². The van der Waals surface area contributed by atoms with Crippen LogP contribution in [0.15, 0.2) is 5.16 Å². The number of rotatable bonds is 5. The first-order valence-electron chi connectivity index (χ1n) is 10.9. The summed E-state index contributed by atoms with van der Waals surface area (Å²) < 4.78 is 2.13. The molecular formula is C20H30N6O3S. The third kappa shape index (κ3) is 4.06. The van der Waals surface area contributed by atoms with Gasteiger partial charge in [-0.25, -0.2) is 4.79 Å². The van der Waals surface area contributed by atoms with Gasteiger partial charge in [-0.2, -0.15) is 5.01 Å². The Morgan fingerprint density at radius 3 is 2.57 bits per heavy atom. The van der Waals surface area contributed by atoms with Crippen LogP contribution in [0.1, 0.15) is 76.6 Å². The van der Waals surface area contributed by atoms with Crippen molar-refractivity contribution >= 4 is 29.6 Å². The van der Waals surface area contributed by atoms with Crippen molar-refractivity contribution in [3.8, 4) is 0 Å². The summed E-state index contributed by atoms with van der Waals surface area (Å²) in [6.45, 7) is 4.09. The number of aryl methyl sites for hydroxylation is 1. The normalized spacial score (nSPS) is 27.5. The molecule has 3 fully saturated rings. The van der Waals surface area contributed by atoms with Gasteiger partial charge in [0.1, 0.15) is 11.4 Å². The molecule has 0 bridgehead atoms. The monoisotopic (exact) mass is 434 g/mol. The zero-order valence-corrected chi connectivity index (χ0v) is 18.5. The highest BCUT2D eigenvalue weighted by Gasteiger charge is 2.52. The van der Waals surface area contributed by atoms with Crippen LogP contribution in [0.2, 0.25) is 0 Å². The second-order valence-electron chi connectivity index (χ2n) is 8.85. The fourth-order valence-electron chi connectivity index (χ4n) is 4.81. The maximum Gasteiger partial charge on any atom is 0.344 e. The lowest BCUT2D eigenvalue weighted by molar-refractivity contribution is -0.139. The number of aromatic nitrogens is 3. The minimum absolute atomic E-state index is 0.0615. The smallest absolute Gasteiger partial charge is 0.322 e. The summed E-state index contributed by atoms with van der Waals surface area (Å²) >= 11 is 1.29. The van der Waals surface area contributed by atoms with Crippen molar-refractivity contribution in [2.24, 2.45) is 5.92 Å². The molecule has 2 aliphatic carbocycles. The molecule has 1 saturated heterocycles. The number of hydrazine groups is 1. The van der Waals surface area contributed by atoms with E-state index in [9.17, 15) is 14.4 Å². The van der Waals surface area contributed by atoms with Gasteiger partial charge in [-0.3, -0.25) is 15.0 Å². The molecule has 4 amide bonds. The minimum atomic E-state index is -0.859. The Labute approximate surface area is 180 Å². The highest BCUT2D eigenvalue weighted by molar-refractivity contribution is 7.99. The maximum atomic E-state index is 12.9. The van der Waals surface area contributed by atoms with Crippen LogP contribution < -0.4 is 10.7 Å². The molecule has 1 spiro atoms. The molecule has 10 heteroatoms. The number of amides is 4. The van der Waals surface area contributed by atoms with Gasteiger partial charge < -0.3 is 9.88 Å². The molecule has 1 aromatic heterocycles. The molecule has 2 saturated carbocycles. The van der Waals surface area contributed by atoms with Crippen LogP contribution in [0.25, 0.3) is 0 Å². The van der Waals surface area contributed by atoms with E-state index in [0.29, 0.717) is 30.0 Å². The molecule has 3 aliphatic rings. The molecule has 0 radical (unpaired) electrons. The van der Waals surface area contributed by atoms with Gasteiger partial charge in [0.05, 0.1) is 5.75 Å². The summed E-state index contributed by atoms with van der Waals surface area (Å²) in [7, 11) is 0. The molecular weight excluding hydrogens is 404 g/mol. The van der Waals surface area contributed by atoms with E-state index in [1.165, 1.54) is 31.0 Å². The number of nitrogens with zero attached hydrogens (tertiary/aromatic N) is 4. The molecule has 0 aromatic carbocycles. The van der Waals surface area contributed by atoms with Gasteiger partial charge in [0.25, 0.3) is 5.91 Å². The van der Waals surface area contributed by atoms with Crippen LogP contribution in [-0.4, -0.2) is 48.9 Å². The van der Waals surface area contributed by atoms with E-state index in [4.69, 9.17) is 0 Å². The Hall–Kier alpha value is -2.10. The fraction of sp³-hybridized carbons (Fsp3) is 0.750. The number of hydrogen-bond donors (Lipinski definition) is 2. The Morgan fingerprint density at radius 1 is 1.17 bits per heavy atom. The van der Waals surface area contributed by atoms with Crippen molar-refractivity contribution in [3.05, 3.63) is 5.82 Å². The van der Waals surface area contributed by atoms with Crippen molar-refractivity contribution in [3.63, 3.8) is 0 Å². The highest BCUT2D eigenvalue weighted by atomic mass is 32.2. The number of hydrogen-bond acceptors (Lipinski definition) is 6. The summed E-state index contributed by atoms with van der Waals surface area (Å²) in [5.74, 6) is 0.712. The maximum absolute atomic E-state index is 12.9. The molecule has 30 heavy (non-hydrogen) atoms. The zero-order valence-electron chi connectivity index (χ0n) is 17.6. The molecule has 0 unspecified atom stereocenters. The number of nitrogens with one attached hydrogen (secondary N) is 2. The standard InChI is InChI=1S/C20H30N6O3S/c1-13-8-10-20(11-9-13)17(28)26(18(29)21-20)24-16(27)12-30-19-23-22-14(2)25(19)15-6-4-3-5-7-15/h13,15H,3-12H2,1-2H3,(H,21,29)(H,24,27). The highest BCUT2D eigenvalue weighted by Crippen LogP contribution is 2.36. The van der Waals surface area contributed by atoms with E-state index >= 15 is 0 Å². The van der Waals surface area contributed by atoms with Crippen LogP contribution >= 0.6 is 11.8 Å². The van der Waals surface area contributed by atoms with Gasteiger partial charge in [0.2, 0.25) is 5.91 Å². The Morgan fingerprint density at radius 2 is 1.87 bits per heavy atom. The van der Waals surface area contributed by atoms with Gasteiger partial charge >= 0.3 is 6.03 Å². The number of thioether (sulfide) groups is 1. The summed E-state index contributed by atoms with van der Waals surface area (Å²) in [5.41, 5.74) is 1.63. The number of imide groups is 1. The zero-order chi connectivity index (χ0) is 21.3. The predicted octanol–water partition coefficient (Wildman–Crippen LogP) is 2.72. The van der Waals surface area contributed by atoms with Crippen molar-refractivity contribution in [1.82, 2.24) is 30.5 Å². The number of carbonyl (C=O) groups is 3. The Balaban J connectivity index is 1.36. The third-order valence-corrected chi connectivity index (χ3v) is 7.58. The molecule has 2 N–H and O–H groups in total. The average molecular weight is 435 g/mol. The van der Waals surface area contributed by atoms with Gasteiger partial charge in [-0.15, -0.1) is 10.2 Å². The molecule has 2 heterocycles. The Bertz CT molecular complexity index is 827. The summed E-state index contributed by atoms with van der Waals surface area (Å²) in [6, 6.07) is -0.173. The second-order valence-corrected chi connectivity index (χ2v) is 9.79. The molecule has 1 aliphatic heterocycles. The lowest BCUT2D eigenvalue weighted by Crippen LogP contribution is -2.51. The third-order valence-electron chi connectivity index (χ3n) is 6.63. The first-order valence-corrected chi connectivity index (χ1v) is 11.9. The van der Waals surface area contributed by atoms with Crippen LogP contribution in [-0.2, 0) is 9.59 Å². The molecule has 4 rings (SSSR count). The van der Waals surface area contributed by atoms with Crippen LogP contribution in [0.3, 0.4) is 0 Å². The molecule has 9 nitrogen and oxygen atoms in total. The van der Waals surface area contributed by atoms with Gasteiger partial charge in [0.15, 0.2) is 5.16 Å². The lowest BCUT2D eigenvalue weighted by atomic mass is 9.77. The summed E-state index contributed by atoms with van der Waals surface area (Å²) in [6.07, 6.45) is 8.85. The van der Waals surface area contributed by atoms with E-state index in [2.05, 4.69) is 32.4 Å². The van der Waals surface area contributed by atoms with Gasteiger partial charge in [-0.05, 0) is 51.4 Å². The summed E-state index contributed by atoms with van der Waals surface area (Å²) in [5, 5.41) is 12.8. The quantitative estimate of drug-likeness (QED) is 0.545. The van der Waals surface area contributed by atoms with Gasteiger partial charge in [0, 0.05) is 6.04 Å². The lowest BCUT2D eigenvalue weighted by Gasteiger charge is -2.33. The fourth-order valence-corrected chi connectivity index (χ4v) is 5.65. The van der Waals surface area contributed by atoms with Crippen LogP contribution in [0.5, 0.6) is 0 Å². The molecule has 0 atom stereocenters. The van der Waals surface area contributed by atoms with E-state index in [0.717, 1.165) is 36.5 Å². The SMILES string of the molecule is Cc1nnc(SCC(=O)NN2C(=O)NC3(CCC(C)CC3)C2=O)n1C1CCCCC1. The van der Waals surface area contributed by atoms with E-state index in [1.54, 1.807) is 0 Å².